The third-order valence-electron chi connectivity index (χ3n) is 2.88. The highest BCUT2D eigenvalue weighted by Crippen LogP contribution is 2.14. The number of hydrogen-bond acceptors (Lipinski definition) is 1. The van der Waals surface area contributed by atoms with E-state index in [4.69, 9.17) is 0 Å². The molecular formula is C13H27BrO. The van der Waals surface area contributed by atoms with Crippen LogP contribution in [0.15, 0.2) is 0 Å². The van der Waals surface area contributed by atoms with Gasteiger partial charge in [-0.25, -0.2) is 0 Å². The quantitative estimate of drug-likeness (QED) is 0.455. The van der Waals surface area contributed by atoms with Gasteiger partial charge in [-0.3, -0.25) is 0 Å². The molecule has 0 fully saturated rings. The molecule has 0 aliphatic carbocycles. The largest absolute Gasteiger partial charge is 0.392 e. The van der Waals surface area contributed by atoms with Crippen LogP contribution in [0, 0.1) is 0 Å². The van der Waals surface area contributed by atoms with Gasteiger partial charge >= 0.3 is 0 Å². The van der Waals surface area contributed by atoms with Gasteiger partial charge in [-0.2, -0.15) is 0 Å². The Hall–Kier alpha value is 0.440. The first-order chi connectivity index (χ1) is 7.18. The van der Waals surface area contributed by atoms with E-state index in [1.807, 2.05) is 6.92 Å². The van der Waals surface area contributed by atoms with E-state index in [1.165, 1.54) is 51.4 Å². The first-order valence-electron chi connectivity index (χ1n) is 6.50. The summed E-state index contributed by atoms with van der Waals surface area (Å²) >= 11 is 3.40. The zero-order chi connectivity index (χ0) is 11.5. The number of alkyl halides is 1. The smallest absolute Gasteiger partial charge is 0.0662 e. The summed E-state index contributed by atoms with van der Waals surface area (Å²) in [5.74, 6) is 0. The van der Waals surface area contributed by atoms with Gasteiger partial charge in [0, 0.05) is 4.83 Å². The van der Waals surface area contributed by atoms with E-state index in [2.05, 4.69) is 22.9 Å². The van der Waals surface area contributed by atoms with Crippen LogP contribution in [0.4, 0.5) is 0 Å². The Balaban J connectivity index is 3.05. The number of unbranched alkanes of at least 4 members (excludes halogenated alkanes) is 7. The van der Waals surface area contributed by atoms with E-state index in [9.17, 15) is 5.11 Å². The lowest BCUT2D eigenvalue weighted by Crippen LogP contribution is -2.16. The minimum absolute atomic E-state index is 0.162. The standard InChI is InChI=1S/C13H27BrO/c1-3-4-5-6-7-8-9-10-11-13(15)12(2)14/h12-13,15H,3-11H2,1-2H3. The molecule has 15 heavy (non-hydrogen) atoms. The second-order valence-electron chi connectivity index (χ2n) is 4.51. The van der Waals surface area contributed by atoms with Crippen molar-refractivity contribution in [2.45, 2.75) is 82.6 Å². The van der Waals surface area contributed by atoms with Gasteiger partial charge < -0.3 is 5.11 Å². The highest BCUT2D eigenvalue weighted by molar-refractivity contribution is 9.09. The maximum absolute atomic E-state index is 9.55. The molecule has 0 aromatic carbocycles. The average molecular weight is 279 g/mol. The van der Waals surface area contributed by atoms with Crippen molar-refractivity contribution in [2.24, 2.45) is 0 Å². The third kappa shape index (κ3) is 10.7. The van der Waals surface area contributed by atoms with Gasteiger partial charge in [-0.05, 0) is 6.42 Å². The van der Waals surface area contributed by atoms with Gasteiger partial charge in [-0.1, -0.05) is 81.1 Å². The van der Waals surface area contributed by atoms with Crippen molar-refractivity contribution in [3.05, 3.63) is 0 Å². The maximum atomic E-state index is 9.55. The summed E-state index contributed by atoms with van der Waals surface area (Å²) in [6.45, 7) is 4.26. The molecule has 0 aliphatic rings. The molecule has 2 atom stereocenters. The molecule has 0 saturated heterocycles. The minimum Gasteiger partial charge on any atom is -0.392 e. The number of aliphatic hydroxyl groups excluding tert-OH is 1. The molecule has 0 spiro atoms. The predicted molar refractivity (Wildman–Crippen MR) is 71.6 cm³/mol. The molecule has 0 radical (unpaired) electrons. The lowest BCUT2D eigenvalue weighted by Gasteiger charge is -2.12. The fourth-order valence-electron chi connectivity index (χ4n) is 1.72. The third-order valence-corrected chi connectivity index (χ3v) is 3.49. The van der Waals surface area contributed by atoms with Crippen LogP contribution in [0.3, 0.4) is 0 Å². The van der Waals surface area contributed by atoms with Gasteiger partial charge in [-0.15, -0.1) is 0 Å². The summed E-state index contributed by atoms with van der Waals surface area (Å²) in [6.07, 6.45) is 11.5. The number of halogens is 1. The zero-order valence-corrected chi connectivity index (χ0v) is 11.9. The van der Waals surface area contributed by atoms with Gasteiger partial charge in [0.05, 0.1) is 6.10 Å². The monoisotopic (exact) mass is 278 g/mol. The summed E-state index contributed by atoms with van der Waals surface area (Å²) in [7, 11) is 0. The van der Waals surface area contributed by atoms with Crippen molar-refractivity contribution in [1.82, 2.24) is 0 Å². The Labute approximate surface area is 104 Å². The van der Waals surface area contributed by atoms with Crippen LogP contribution < -0.4 is 0 Å². The number of rotatable bonds is 10. The topological polar surface area (TPSA) is 20.2 Å². The molecule has 2 heteroatoms. The van der Waals surface area contributed by atoms with E-state index >= 15 is 0 Å². The predicted octanol–water partition coefficient (Wildman–Crippen LogP) is 4.66. The van der Waals surface area contributed by atoms with Crippen molar-refractivity contribution in [3.63, 3.8) is 0 Å². The molecule has 2 unspecified atom stereocenters. The van der Waals surface area contributed by atoms with Crippen molar-refractivity contribution in [3.8, 4) is 0 Å². The molecule has 0 aromatic rings. The Kier molecular flexibility index (Phi) is 11.3. The summed E-state index contributed by atoms with van der Waals surface area (Å²) in [5, 5.41) is 9.55. The van der Waals surface area contributed by atoms with E-state index in [1.54, 1.807) is 0 Å². The Morgan fingerprint density at radius 3 is 1.87 bits per heavy atom. The first-order valence-corrected chi connectivity index (χ1v) is 7.42. The van der Waals surface area contributed by atoms with Crippen LogP contribution in [0.2, 0.25) is 0 Å². The lowest BCUT2D eigenvalue weighted by molar-refractivity contribution is 0.163. The van der Waals surface area contributed by atoms with E-state index in [-0.39, 0.29) is 10.9 Å². The van der Waals surface area contributed by atoms with Crippen LogP contribution in [0.1, 0.15) is 71.6 Å². The molecule has 92 valence electrons. The molecule has 1 nitrogen and oxygen atoms in total. The Bertz CT molecular complexity index is 126. The zero-order valence-electron chi connectivity index (χ0n) is 10.3. The molecule has 0 amide bonds. The van der Waals surface area contributed by atoms with Crippen LogP contribution >= 0.6 is 15.9 Å². The molecule has 0 heterocycles. The molecule has 0 aliphatic heterocycles. The summed E-state index contributed by atoms with van der Waals surface area (Å²) in [4.78, 5) is 0.238. The number of hydrogen-bond donors (Lipinski definition) is 1. The fraction of sp³-hybridized carbons (Fsp3) is 1.00. The normalized spacial score (nSPS) is 15.2. The van der Waals surface area contributed by atoms with E-state index in [0.717, 1.165) is 6.42 Å². The number of aliphatic hydroxyl groups is 1. The molecule has 0 bridgehead atoms. The first kappa shape index (κ1) is 15.4. The second kappa shape index (κ2) is 10.9. The summed E-state index contributed by atoms with van der Waals surface area (Å²) in [6, 6.07) is 0. The fourth-order valence-corrected chi connectivity index (χ4v) is 1.98. The summed E-state index contributed by atoms with van der Waals surface area (Å²) in [5.41, 5.74) is 0. The van der Waals surface area contributed by atoms with Crippen molar-refractivity contribution in [1.29, 1.82) is 0 Å². The van der Waals surface area contributed by atoms with Gasteiger partial charge in [0.1, 0.15) is 0 Å². The van der Waals surface area contributed by atoms with Crippen molar-refractivity contribution in [2.75, 3.05) is 0 Å². The molecule has 0 rings (SSSR count). The van der Waals surface area contributed by atoms with Crippen LogP contribution in [0.5, 0.6) is 0 Å². The average Bonchev–Trinajstić information content (AvgIpc) is 2.21. The minimum atomic E-state index is -0.162. The molecule has 0 saturated carbocycles. The highest BCUT2D eigenvalue weighted by Gasteiger charge is 2.09. The van der Waals surface area contributed by atoms with Crippen LogP contribution in [-0.2, 0) is 0 Å². The lowest BCUT2D eigenvalue weighted by atomic mass is 10.0. The van der Waals surface area contributed by atoms with Crippen molar-refractivity contribution >= 4 is 15.9 Å². The Morgan fingerprint density at radius 1 is 0.933 bits per heavy atom. The Morgan fingerprint density at radius 2 is 1.40 bits per heavy atom. The van der Waals surface area contributed by atoms with Crippen molar-refractivity contribution < 1.29 is 5.11 Å². The second-order valence-corrected chi connectivity index (χ2v) is 5.95. The van der Waals surface area contributed by atoms with Crippen LogP contribution in [-0.4, -0.2) is 16.0 Å². The van der Waals surface area contributed by atoms with Gasteiger partial charge in [0.25, 0.3) is 0 Å². The molecular weight excluding hydrogens is 252 g/mol. The van der Waals surface area contributed by atoms with Crippen LogP contribution in [0.25, 0.3) is 0 Å². The molecule has 0 aromatic heterocycles. The van der Waals surface area contributed by atoms with E-state index in [0.29, 0.717) is 0 Å². The van der Waals surface area contributed by atoms with E-state index < -0.39 is 0 Å². The highest BCUT2D eigenvalue weighted by atomic mass is 79.9. The van der Waals surface area contributed by atoms with Gasteiger partial charge in [0.2, 0.25) is 0 Å². The SMILES string of the molecule is CCCCCCCCCCC(O)C(C)Br. The molecule has 1 N–H and O–H groups in total. The van der Waals surface area contributed by atoms with Gasteiger partial charge in [0.15, 0.2) is 0 Å². The summed E-state index contributed by atoms with van der Waals surface area (Å²) < 4.78 is 0. The maximum Gasteiger partial charge on any atom is 0.0662 e.